The van der Waals surface area contributed by atoms with Crippen molar-refractivity contribution in [1.29, 1.82) is 0 Å². The zero-order valence-electron chi connectivity index (χ0n) is 14.1. The quantitative estimate of drug-likeness (QED) is 0.746. The third-order valence-corrected chi connectivity index (χ3v) is 4.81. The van der Waals surface area contributed by atoms with Crippen LogP contribution in [0.3, 0.4) is 0 Å². The van der Waals surface area contributed by atoms with Gasteiger partial charge in [0.1, 0.15) is 5.00 Å². The number of hydrogen-bond donors (Lipinski definition) is 1. The minimum absolute atomic E-state index is 0.113. The van der Waals surface area contributed by atoms with Crippen molar-refractivity contribution in [2.75, 3.05) is 25.5 Å². The summed E-state index contributed by atoms with van der Waals surface area (Å²) in [6.45, 7) is 8.58. The van der Waals surface area contributed by atoms with Crippen LogP contribution in [0.25, 0.3) is 0 Å². The molecule has 1 rings (SSSR count). The molecular formula is C16H26N2O3S. The van der Waals surface area contributed by atoms with E-state index in [0.717, 1.165) is 17.7 Å². The summed E-state index contributed by atoms with van der Waals surface area (Å²) in [7, 11) is 1.92. The van der Waals surface area contributed by atoms with Crippen LogP contribution in [0.5, 0.6) is 0 Å². The van der Waals surface area contributed by atoms with Crippen molar-refractivity contribution >= 4 is 28.2 Å². The van der Waals surface area contributed by atoms with E-state index in [1.807, 2.05) is 18.9 Å². The summed E-state index contributed by atoms with van der Waals surface area (Å²) in [5.74, 6) is -0.498. The van der Waals surface area contributed by atoms with Gasteiger partial charge in [-0.05, 0) is 39.8 Å². The highest BCUT2D eigenvalue weighted by Crippen LogP contribution is 2.29. The van der Waals surface area contributed by atoms with E-state index in [0.29, 0.717) is 29.8 Å². The number of nitrogens with one attached hydrogen (secondary N) is 1. The lowest BCUT2D eigenvalue weighted by Crippen LogP contribution is -2.36. The molecule has 0 radical (unpaired) electrons. The number of thiophene rings is 1. The lowest BCUT2D eigenvalue weighted by Gasteiger charge is -2.22. The molecular weight excluding hydrogens is 300 g/mol. The van der Waals surface area contributed by atoms with Gasteiger partial charge in [-0.1, -0.05) is 13.8 Å². The first-order valence-electron chi connectivity index (χ1n) is 7.72. The Morgan fingerprint density at radius 3 is 2.59 bits per heavy atom. The minimum Gasteiger partial charge on any atom is -0.462 e. The number of esters is 1. The van der Waals surface area contributed by atoms with Gasteiger partial charge in [0, 0.05) is 10.9 Å². The maximum absolute atomic E-state index is 12.2. The fourth-order valence-corrected chi connectivity index (χ4v) is 2.93. The Morgan fingerprint density at radius 2 is 2.05 bits per heavy atom. The molecule has 0 aliphatic carbocycles. The second-order valence-corrected chi connectivity index (χ2v) is 6.39. The first kappa shape index (κ1) is 18.6. The van der Waals surface area contributed by atoms with E-state index in [1.165, 1.54) is 11.3 Å². The first-order chi connectivity index (χ1) is 10.4. The molecule has 1 N–H and O–H groups in total. The topological polar surface area (TPSA) is 58.6 Å². The van der Waals surface area contributed by atoms with Gasteiger partial charge in [-0.15, -0.1) is 11.3 Å². The molecule has 5 nitrogen and oxygen atoms in total. The average molecular weight is 326 g/mol. The third-order valence-electron chi connectivity index (χ3n) is 3.62. The SMILES string of the molecule is CCOC(=O)c1cc(CC)sc1NC(=O)CN(C)C(C)CC. The van der Waals surface area contributed by atoms with E-state index in [9.17, 15) is 9.59 Å². The Bertz CT molecular complexity index is 513. The van der Waals surface area contributed by atoms with E-state index in [2.05, 4.69) is 19.2 Å². The number of anilines is 1. The zero-order valence-corrected chi connectivity index (χ0v) is 14.9. The van der Waals surface area contributed by atoms with Gasteiger partial charge in [-0.3, -0.25) is 9.69 Å². The number of ether oxygens (including phenoxy) is 1. The summed E-state index contributed by atoms with van der Waals surface area (Å²) >= 11 is 1.43. The lowest BCUT2D eigenvalue weighted by atomic mass is 10.2. The van der Waals surface area contributed by atoms with E-state index >= 15 is 0 Å². The van der Waals surface area contributed by atoms with Crippen LogP contribution in [0.15, 0.2) is 6.07 Å². The molecule has 1 aromatic rings. The normalized spacial score (nSPS) is 12.3. The van der Waals surface area contributed by atoms with Crippen LogP contribution >= 0.6 is 11.3 Å². The molecule has 6 heteroatoms. The smallest absolute Gasteiger partial charge is 0.341 e. The number of hydrogen-bond acceptors (Lipinski definition) is 5. The van der Waals surface area contributed by atoms with Crippen LogP contribution in [-0.2, 0) is 16.0 Å². The fraction of sp³-hybridized carbons (Fsp3) is 0.625. The van der Waals surface area contributed by atoms with Gasteiger partial charge >= 0.3 is 5.97 Å². The molecule has 22 heavy (non-hydrogen) atoms. The van der Waals surface area contributed by atoms with E-state index < -0.39 is 0 Å². The van der Waals surface area contributed by atoms with Crippen molar-refractivity contribution < 1.29 is 14.3 Å². The van der Waals surface area contributed by atoms with Crippen LogP contribution in [0.2, 0.25) is 0 Å². The summed E-state index contributed by atoms with van der Waals surface area (Å²) in [6, 6.07) is 2.14. The summed E-state index contributed by atoms with van der Waals surface area (Å²) in [4.78, 5) is 27.2. The second kappa shape index (κ2) is 8.90. The molecule has 1 atom stereocenters. The summed E-state index contributed by atoms with van der Waals surface area (Å²) in [6.07, 6.45) is 1.80. The molecule has 0 aliphatic heterocycles. The van der Waals surface area contributed by atoms with Gasteiger partial charge in [-0.25, -0.2) is 4.79 Å². The van der Waals surface area contributed by atoms with Gasteiger partial charge in [0.25, 0.3) is 0 Å². The molecule has 1 heterocycles. The highest BCUT2D eigenvalue weighted by atomic mass is 32.1. The van der Waals surface area contributed by atoms with Gasteiger partial charge < -0.3 is 10.1 Å². The van der Waals surface area contributed by atoms with E-state index in [4.69, 9.17) is 4.74 Å². The Hall–Kier alpha value is -1.40. The Morgan fingerprint density at radius 1 is 1.36 bits per heavy atom. The standard InChI is InChI=1S/C16H26N2O3S/c1-6-11(4)18(5)10-14(19)17-15-13(16(20)21-8-3)9-12(7-2)22-15/h9,11H,6-8,10H2,1-5H3,(H,17,19). The number of nitrogens with zero attached hydrogens (tertiary/aromatic N) is 1. The number of carbonyl (C=O) groups excluding carboxylic acids is 2. The van der Waals surface area contributed by atoms with Crippen molar-refractivity contribution in [3.63, 3.8) is 0 Å². The van der Waals surface area contributed by atoms with Gasteiger partial charge in [0.15, 0.2) is 0 Å². The number of amides is 1. The van der Waals surface area contributed by atoms with Crippen molar-refractivity contribution in [3.8, 4) is 0 Å². The van der Waals surface area contributed by atoms with Crippen molar-refractivity contribution in [2.45, 2.75) is 46.6 Å². The number of aryl methyl sites for hydroxylation is 1. The van der Waals surface area contributed by atoms with Crippen LogP contribution in [0, 0.1) is 0 Å². The molecule has 0 spiro atoms. The predicted octanol–water partition coefficient (Wildman–Crippen LogP) is 3.16. The maximum atomic E-state index is 12.2. The van der Waals surface area contributed by atoms with Gasteiger partial charge in [-0.2, -0.15) is 0 Å². The van der Waals surface area contributed by atoms with E-state index in [1.54, 1.807) is 13.0 Å². The van der Waals surface area contributed by atoms with Crippen LogP contribution in [-0.4, -0.2) is 43.0 Å². The third kappa shape index (κ3) is 5.10. The summed E-state index contributed by atoms with van der Waals surface area (Å²) in [5, 5.41) is 3.43. The second-order valence-electron chi connectivity index (χ2n) is 5.25. The van der Waals surface area contributed by atoms with Gasteiger partial charge in [0.05, 0.1) is 18.7 Å². The highest BCUT2D eigenvalue weighted by Gasteiger charge is 2.19. The largest absolute Gasteiger partial charge is 0.462 e. The number of rotatable bonds is 8. The Kier molecular flexibility index (Phi) is 7.55. The van der Waals surface area contributed by atoms with Crippen LogP contribution < -0.4 is 5.32 Å². The van der Waals surface area contributed by atoms with Crippen molar-refractivity contribution in [1.82, 2.24) is 4.90 Å². The molecule has 0 fully saturated rings. The van der Waals surface area contributed by atoms with E-state index in [-0.39, 0.29) is 11.9 Å². The Balaban J connectivity index is 2.81. The molecule has 0 saturated heterocycles. The average Bonchev–Trinajstić information content (AvgIpc) is 2.89. The lowest BCUT2D eigenvalue weighted by molar-refractivity contribution is -0.117. The summed E-state index contributed by atoms with van der Waals surface area (Å²) in [5.41, 5.74) is 0.447. The highest BCUT2D eigenvalue weighted by molar-refractivity contribution is 7.16. The van der Waals surface area contributed by atoms with Gasteiger partial charge in [0.2, 0.25) is 5.91 Å². The number of likely N-dealkylation sites (N-methyl/N-ethyl adjacent to an activating group) is 1. The molecule has 124 valence electrons. The first-order valence-corrected chi connectivity index (χ1v) is 8.54. The molecule has 1 amide bonds. The Labute approximate surface area is 136 Å². The van der Waals surface area contributed by atoms with Crippen LogP contribution in [0.4, 0.5) is 5.00 Å². The minimum atomic E-state index is -0.385. The molecule has 0 aromatic carbocycles. The summed E-state index contributed by atoms with van der Waals surface area (Å²) < 4.78 is 5.05. The van der Waals surface area contributed by atoms with Crippen LogP contribution in [0.1, 0.15) is 49.4 Å². The zero-order chi connectivity index (χ0) is 16.7. The number of carbonyl (C=O) groups is 2. The van der Waals surface area contributed by atoms with Crippen molar-refractivity contribution in [2.24, 2.45) is 0 Å². The monoisotopic (exact) mass is 326 g/mol. The molecule has 0 bridgehead atoms. The molecule has 0 aliphatic rings. The predicted molar refractivity (Wildman–Crippen MR) is 90.7 cm³/mol. The molecule has 0 saturated carbocycles. The molecule has 1 unspecified atom stereocenters. The fourth-order valence-electron chi connectivity index (χ4n) is 1.93. The van der Waals surface area contributed by atoms with Crippen molar-refractivity contribution in [3.05, 3.63) is 16.5 Å². The maximum Gasteiger partial charge on any atom is 0.341 e. The molecule has 1 aromatic heterocycles.